The van der Waals surface area contributed by atoms with Gasteiger partial charge in [0.05, 0.1) is 21.2 Å². The summed E-state index contributed by atoms with van der Waals surface area (Å²) >= 11 is 12.0. The fourth-order valence-corrected chi connectivity index (χ4v) is 2.78. The second-order valence-corrected chi connectivity index (χ2v) is 6.56. The van der Waals surface area contributed by atoms with Crippen molar-refractivity contribution in [2.24, 2.45) is 0 Å². The summed E-state index contributed by atoms with van der Waals surface area (Å²) in [5.41, 5.74) is 0.250. The lowest BCUT2D eigenvalue weighted by Crippen LogP contribution is -2.20. The van der Waals surface area contributed by atoms with Crippen molar-refractivity contribution >= 4 is 46.4 Å². The second kappa shape index (κ2) is 8.37. The van der Waals surface area contributed by atoms with E-state index in [1.807, 2.05) is 0 Å². The Morgan fingerprint density at radius 3 is 1.43 bits per heavy atom. The summed E-state index contributed by atoms with van der Waals surface area (Å²) < 4.78 is 26.7. The van der Waals surface area contributed by atoms with Crippen molar-refractivity contribution in [3.8, 4) is 0 Å². The smallest absolute Gasteiger partial charge is 0.256 e. The summed E-state index contributed by atoms with van der Waals surface area (Å²) in [7, 11) is 0. The molecule has 8 heteroatoms. The number of anilines is 2. The Labute approximate surface area is 169 Å². The number of rotatable bonds is 4. The standard InChI is InChI=1S/C20H12Cl2F2N2O2/c21-17-9-15(19(27)25-13-5-1-3-11(23)7-13)16(10-18(17)22)20(28)26-14-6-2-4-12(24)8-14/h1-10H,(H,25,27)(H,26,28). The number of hydrogen-bond donors (Lipinski definition) is 2. The van der Waals surface area contributed by atoms with Gasteiger partial charge in [-0.3, -0.25) is 9.59 Å². The third-order valence-corrected chi connectivity index (χ3v) is 4.44. The summed E-state index contributed by atoms with van der Waals surface area (Å²) in [6, 6.07) is 13.0. The minimum atomic E-state index is -0.687. The molecule has 0 spiro atoms. The molecule has 3 aromatic rings. The van der Waals surface area contributed by atoms with Crippen LogP contribution < -0.4 is 10.6 Å². The highest BCUT2D eigenvalue weighted by molar-refractivity contribution is 6.42. The fourth-order valence-electron chi connectivity index (χ4n) is 2.45. The molecule has 0 unspecified atom stereocenters. The Balaban J connectivity index is 1.93. The number of benzene rings is 3. The number of halogens is 4. The summed E-state index contributed by atoms with van der Waals surface area (Å²) in [5.74, 6) is -2.44. The molecule has 0 aromatic heterocycles. The van der Waals surface area contributed by atoms with Crippen LogP contribution in [0.3, 0.4) is 0 Å². The quantitative estimate of drug-likeness (QED) is 0.562. The van der Waals surface area contributed by atoms with Crippen LogP contribution in [0.1, 0.15) is 20.7 Å². The molecule has 0 fully saturated rings. The summed E-state index contributed by atoms with van der Waals surface area (Å²) in [4.78, 5) is 25.3. The summed E-state index contributed by atoms with van der Waals surface area (Å²) in [6.07, 6.45) is 0. The van der Waals surface area contributed by atoms with Gasteiger partial charge in [-0.1, -0.05) is 35.3 Å². The summed E-state index contributed by atoms with van der Waals surface area (Å²) in [6.45, 7) is 0. The van der Waals surface area contributed by atoms with Crippen LogP contribution in [0.4, 0.5) is 20.2 Å². The molecule has 3 aromatic carbocycles. The van der Waals surface area contributed by atoms with E-state index in [1.165, 1.54) is 48.5 Å². The lowest BCUT2D eigenvalue weighted by atomic mass is 10.1. The topological polar surface area (TPSA) is 58.2 Å². The molecule has 2 amide bonds. The molecular weight excluding hydrogens is 409 g/mol. The SMILES string of the molecule is O=C(Nc1cccc(F)c1)c1cc(Cl)c(Cl)cc1C(=O)Nc1cccc(F)c1. The zero-order valence-electron chi connectivity index (χ0n) is 14.1. The van der Waals surface area contributed by atoms with Gasteiger partial charge in [0, 0.05) is 11.4 Å². The molecule has 28 heavy (non-hydrogen) atoms. The van der Waals surface area contributed by atoms with Crippen molar-refractivity contribution in [1.29, 1.82) is 0 Å². The maximum atomic E-state index is 13.3. The molecule has 0 saturated heterocycles. The highest BCUT2D eigenvalue weighted by Gasteiger charge is 2.20. The van der Waals surface area contributed by atoms with Gasteiger partial charge in [0.2, 0.25) is 0 Å². The normalized spacial score (nSPS) is 10.4. The van der Waals surface area contributed by atoms with Crippen molar-refractivity contribution in [2.75, 3.05) is 10.6 Å². The molecule has 142 valence electrons. The van der Waals surface area contributed by atoms with Gasteiger partial charge in [0.1, 0.15) is 11.6 Å². The van der Waals surface area contributed by atoms with Crippen molar-refractivity contribution in [1.82, 2.24) is 0 Å². The highest BCUT2D eigenvalue weighted by Crippen LogP contribution is 2.27. The maximum Gasteiger partial charge on any atom is 0.256 e. The molecule has 0 bridgehead atoms. The number of carbonyl (C=O) groups is 2. The average molecular weight is 421 g/mol. The van der Waals surface area contributed by atoms with Crippen molar-refractivity contribution in [3.63, 3.8) is 0 Å². The van der Waals surface area contributed by atoms with Crippen LogP contribution in [0.15, 0.2) is 60.7 Å². The Bertz CT molecular complexity index is 989. The second-order valence-electron chi connectivity index (χ2n) is 5.74. The minimum Gasteiger partial charge on any atom is -0.322 e. The lowest BCUT2D eigenvalue weighted by Gasteiger charge is -2.12. The molecule has 0 heterocycles. The average Bonchev–Trinajstić information content (AvgIpc) is 2.63. The van der Waals surface area contributed by atoms with E-state index >= 15 is 0 Å². The van der Waals surface area contributed by atoms with Crippen molar-refractivity contribution in [2.45, 2.75) is 0 Å². The van der Waals surface area contributed by atoms with E-state index in [-0.39, 0.29) is 32.5 Å². The van der Waals surface area contributed by atoms with Crippen LogP contribution in [0, 0.1) is 11.6 Å². The van der Waals surface area contributed by atoms with E-state index in [2.05, 4.69) is 10.6 Å². The number of carbonyl (C=O) groups excluding carboxylic acids is 2. The maximum absolute atomic E-state index is 13.3. The molecule has 0 aliphatic rings. The van der Waals surface area contributed by atoms with Crippen LogP contribution in [-0.4, -0.2) is 11.8 Å². The molecule has 0 aliphatic heterocycles. The summed E-state index contributed by atoms with van der Waals surface area (Å²) in [5, 5.41) is 5.11. The van der Waals surface area contributed by atoms with E-state index < -0.39 is 23.4 Å². The van der Waals surface area contributed by atoms with Gasteiger partial charge in [-0.05, 0) is 48.5 Å². The third kappa shape index (κ3) is 4.65. The van der Waals surface area contributed by atoms with Crippen LogP contribution >= 0.6 is 23.2 Å². The zero-order valence-corrected chi connectivity index (χ0v) is 15.6. The van der Waals surface area contributed by atoms with E-state index in [0.717, 1.165) is 12.1 Å². The number of nitrogens with one attached hydrogen (secondary N) is 2. The van der Waals surface area contributed by atoms with Crippen molar-refractivity contribution in [3.05, 3.63) is 93.5 Å². The van der Waals surface area contributed by atoms with E-state index in [0.29, 0.717) is 0 Å². The highest BCUT2D eigenvalue weighted by atomic mass is 35.5. The Kier molecular flexibility index (Phi) is 5.92. The molecule has 0 atom stereocenters. The van der Waals surface area contributed by atoms with Gasteiger partial charge >= 0.3 is 0 Å². The molecule has 4 nitrogen and oxygen atoms in total. The van der Waals surface area contributed by atoms with Crippen molar-refractivity contribution < 1.29 is 18.4 Å². The predicted octanol–water partition coefficient (Wildman–Crippen LogP) is 5.78. The fraction of sp³-hybridized carbons (Fsp3) is 0. The first kappa shape index (κ1) is 19.8. The molecule has 0 aliphatic carbocycles. The molecular formula is C20H12Cl2F2N2O2. The van der Waals surface area contributed by atoms with Gasteiger partial charge in [-0.15, -0.1) is 0 Å². The van der Waals surface area contributed by atoms with E-state index in [4.69, 9.17) is 23.2 Å². The minimum absolute atomic E-state index is 0.0633. The van der Waals surface area contributed by atoms with Crippen LogP contribution in [0.5, 0.6) is 0 Å². The van der Waals surface area contributed by atoms with Gasteiger partial charge in [-0.25, -0.2) is 8.78 Å². The first-order chi connectivity index (χ1) is 13.3. The number of hydrogen-bond acceptors (Lipinski definition) is 2. The van der Waals surface area contributed by atoms with Gasteiger partial charge in [0.15, 0.2) is 0 Å². The first-order valence-corrected chi connectivity index (χ1v) is 8.72. The predicted molar refractivity (Wildman–Crippen MR) is 105 cm³/mol. The zero-order chi connectivity index (χ0) is 20.3. The third-order valence-electron chi connectivity index (χ3n) is 3.71. The molecule has 3 rings (SSSR count). The van der Waals surface area contributed by atoms with Gasteiger partial charge < -0.3 is 10.6 Å². The van der Waals surface area contributed by atoms with Gasteiger partial charge in [-0.2, -0.15) is 0 Å². The van der Waals surface area contributed by atoms with E-state index in [1.54, 1.807) is 0 Å². The molecule has 0 saturated carbocycles. The lowest BCUT2D eigenvalue weighted by molar-refractivity contribution is 0.0990. The Morgan fingerprint density at radius 1 is 0.679 bits per heavy atom. The van der Waals surface area contributed by atoms with Crippen LogP contribution in [-0.2, 0) is 0 Å². The largest absolute Gasteiger partial charge is 0.322 e. The molecule has 0 radical (unpaired) electrons. The van der Waals surface area contributed by atoms with E-state index in [9.17, 15) is 18.4 Å². The van der Waals surface area contributed by atoms with Crippen LogP contribution in [0.25, 0.3) is 0 Å². The van der Waals surface area contributed by atoms with Gasteiger partial charge in [0.25, 0.3) is 11.8 Å². The Morgan fingerprint density at radius 2 is 1.07 bits per heavy atom. The monoisotopic (exact) mass is 420 g/mol. The first-order valence-electron chi connectivity index (χ1n) is 7.96. The number of amides is 2. The Hall–Kier alpha value is -2.96. The van der Waals surface area contributed by atoms with Crippen LogP contribution in [0.2, 0.25) is 10.0 Å². The molecule has 2 N–H and O–H groups in total.